The van der Waals surface area contributed by atoms with Crippen molar-refractivity contribution in [1.82, 2.24) is 0 Å². The SMILES string of the molecule is C=C(C(=O)OCC)C(CCc1ccccc1)C(O)C[C@@H](C)[C@H]1CC[C@H]2/C(=C/C=C3/C[C@@H](O[Si](C)(C)C(C)(C)C)C[C@H](O[Si](C)(C)C(C)(C)C)C3=C)CCC[C@]12C. The number of aliphatic hydroxyl groups excluding tert-OH is 1. The van der Waals surface area contributed by atoms with Gasteiger partial charge < -0.3 is 18.7 Å². The van der Waals surface area contributed by atoms with Crippen molar-refractivity contribution >= 4 is 22.6 Å². The number of benzene rings is 1. The fourth-order valence-corrected chi connectivity index (χ4v) is 12.3. The molecule has 1 N–H and O–H groups in total. The van der Waals surface area contributed by atoms with Crippen molar-refractivity contribution in [3.63, 3.8) is 0 Å². The normalized spacial score (nSPS) is 28.2. The third kappa shape index (κ3) is 11.0. The van der Waals surface area contributed by atoms with Crippen molar-refractivity contribution < 1.29 is 23.5 Å². The maximum atomic E-state index is 12.9. The molecule has 0 saturated heterocycles. The monoisotopic (exact) mass is 805 g/mol. The summed E-state index contributed by atoms with van der Waals surface area (Å²) in [4.78, 5) is 12.9. The van der Waals surface area contributed by atoms with Crippen LogP contribution in [0, 0.1) is 29.1 Å². The van der Waals surface area contributed by atoms with Gasteiger partial charge >= 0.3 is 5.97 Å². The van der Waals surface area contributed by atoms with Gasteiger partial charge in [0.15, 0.2) is 16.6 Å². The molecule has 3 aliphatic carbocycles. The van der Waals surface area contributed by atoms with Crippen LogP contribution in [0.25, 0.3) is 0 Å². The van der Waals surface area contributed by atoms with E-state index in [4.69, 9.17) is 20.2 Å². The number of hydrogen-bond acceptors (Lipinski definition) is 5. The van der Waals surface area contributed by atoms with Crippen LogP contribution in [-0.2, 0) is 24.8 Å². The Hall–Kier alpha value is -2.04. The minimum atomic E-state index is -2.04. The van der Waals surface area contributed by atoms with Crippen LogP contribution in [0.1, 0.15) is 126 Å². The van der Waals surface area contributed by atoms with Gasteiger partial charge in [0.05, 0.1) is 24.9 Å². The highest BCUT2D eigenvalue weighted by molar-refractivity contribution is 6.74. The van der Waals surface area contributed by atoms with Crippen LogP contribution in [-0.4, -0.2) is 52.6 Å². The zero-order valence-electron chi connectivity index (χ0n) is 37.9. The number of carbonyl (C=O) groups is 1. The fraction of sp³-hybridized carbons (Fsp3) is 0.694. The first-order valence-electron chi connectivity index (χ1n) is 21.9. The predicted molar refractivity (Wildman–Crippen MR) is 241 cm³/mol. The molecule has 3 saturated carbocycles. The van der Waals surface area contributed by atoms with Crippen molar-refractivity contribution in [2.45, 2.75) is 181 Å². The highest BCUT2D eigenvalue weighted by atomic mass is 28.4. The lowest BCUT2D eigenvalue weighted by Crippen LogP contribution is -2.49. The standard InChI is InChI=1S/C49H80O5Si2/c1-16-52-46(51)36(4)41(27-24-37-21-18-17-19-22-37)44(50)31-34(2)42-28-29-43-38(23-20-30-49(42,43)11)25-26-39-32-40(53-55(12,13)47(5,6)7)33-45(35(39)3)54-56(14,15)48(8,9)10/h17-19,21-22,25-26,34,40-45,50H,3-4,16,20,23-24,27-33H2,1-2,5-15H3/b38-25+,39-26-/t34-,40-,41?,42-,43+,44?,45+,49-/m1/s1. The van der Waals surface area contributed by atoms with E-state index in [9.17, 15) is 9.90 Å². The van der Waals surface area contributed by atoms with E-state index in [2.05, 4.69) is 112 Å². The van der Waals surface area contributed by atoms with Crippen molar-refractivity contribution in [2.24, 2.45) is 29.1 Å². The summed E-state index contributed by atoms with van der Waals surface area (Å²) >= 11 is 0. The van der Waals surface area contributed by atoms with E-state index in [1.807, 2.05) is 25.1 Å². The second-order valence-corrected chi connectivity index (χ2v) is 30.5. The van der Waals surface area contributed by atoms with Crippen molar-refractivity contribution in [2.75, 3.05) is 6.61 Å². The zero-order valence-corrected chi connectivity index (χ0v) is 39.9. The molecule has 1 aromatic rings. The van der Waals surface area contributed by atoms with Gasteiger partial charge in [0.1, 0.15) is 0 Å². The number of esters is 1. The lowest BCUT2D eigenvalue weighted by Gasteiger charge is -2.46. The van der Waals surface area contributed by atoms with Gasteiger partial charge in [-0.1, -0.05) is 117 Å². The van der Waals surface area contributed by atoms with Crippen molar-refractivity contribution in [1.29, 1.82) is 0 Å². The van der Waals surface area contributed by atoms with Gasteiger partial charge in [0, 0.05) is 17.9 Å². The summed E-state index contributed by atoms with van der Waals surface area (Å²) in [5, 5.41) is 12.1. The predicted octanol–water partition coefficient (Wildman–Crippen LogP) is 12.9. The molecule has 3 fully saturated rings. The van der Waals surface area contributed by atoms with E-state index < -0.39 is 28.7 Å². The van der Waals surface area contributed by atoms with Gasteiger partial charge in [-0.2, -0.15) is 0 Å². The molecule has 0 spiro atoms. The van der Waals surface area contributed by atoms with Crippen LogP contribution in [0.2, 0.25) is 36.3 Å². The van der Waals surface area contributed by atoms with Gasteiger partial charge in [-0.05, 0) is 141 Å². The van der Waals surface area contributed by atoms with Gasteiger partial charge in [-0.25, -0.2) is 4.79 Å². The first-order chi connectivity index (χ1) is 25.9. The second-order valence-electron chi connectivity index (χ2n) is 21.0. The fourth-order valence-electron chi connectivity index (χ4n) is 9.63. The van der Waals surface area contributed by atoms with Crippen LogP contribution < -0.4 is 0 Å². The third-order valence-electron chi connectivity index (χ3n) is 15.1. The molecule has 5 nitrogen and oxygen atoms in total. The smallest absolute Gasteiger partial charge is 0.333 e. The number of carbonyl (C=O) groups excluding carboxylic acids is 1. The maximum Gasteiger partial charge on any atom is 0.333 e. The quantitative estimate of drug-likeness (QED) is 0.109. The molecule has 0 bridgehead atoms. The summed E-state index contributed by atoms with van der Waals surface area (Å²) in [6, 6.07) is 10.3. The summed E-state index contributed by atoms with van der Waals surface area (Å²) in [7, 11) is -4.03. The molecule has 4 rings (SSSR count). The van der Waals surface area contributed by atoms with Crippen LogP contribution in [0.4, 0.5) is 0 Å². The Bertz CT molecular complexity index is 1580. The molecular weight excluding hydrogens is 725 g/mol. The number of aryl methyl sites for hydroxylation is 1. The topological polar surface area (TPSA) is 65.0 Å². The largest absolute Gasteiger partial charge is 0.463 e. The summed E-state index contributed by atoms with van der Waals surface area (Å²) in [5.74, 6) is 0.604. The Morgan fingerprint density at radius 3 is 2.23 bits per heavy atom. The Kier molecular flexibility index (Phi) is 15.4. The molecule has 0 aromatic heterocycles. The number of ether oxygens (including phenoxy) is 1. The minimum Gasteiger partial charge on any atom is -0.463 e. The zero-order chi connectivity index (χ0) is 41.9. The molecule has 314 valence electrons. The lowest BCUT2D eigenvalue weighted by atomic mass is 9.60. The average molecular weight is 805 g/mol. The second kappa shape index (κ2) is 18.5. The van der Waals surface area contributed by atoms with Gasteiger partial charge in [0.25, 0.3) is 0 Å². The van der Waals surface area contributed by atoms with Crippen molar-refractivity contribution in [3.05, 3.63) is 83.5 Å². The summed E-state index contributed by atoms with van der Waals surface area (Å²) in [6.07, 6.45) is 14.0. The molecule has 2 unspecified atom stereocenters. The van der Waals surface area contributed by atoms with E-state index in [-0.39, 0.29) is 33.6 Å². The minimum absolute atomic E-state index is 0.0275. The molecule has 0 heterocycles. The van der Waals surface area contributed by atoms with E-state index in [0.717, 1.165) is 37.7 Å². The van der Waals surface area contributed by atoms with Crippen LogP contribution in [0.3, 0.4) is 0 Å². The first kappa shape index (κ1) is 46.7. The molecule has 0 radical (unpaired) electrons. The average Bonchev–Trinajstić information content (AvgIpc) is 3.46. The van der Waals surface area contributed by atoms with Crippen LogP contribution in [0.5, 0.6) is 0 Å². The number of fused-ring (bicyclic) bond motifs is 1. The first-order valence-corrected chi connectivity index (χ1v) is 27.8. The lowest BCUT2D eigenvalue weighted by molar-refractivity contribution is -0.139. The van der Waals surface area contributed by atoms with Crippen molar-refractivity contribution in [3.8, 4) is 0 Å². The molecule has 3 aliphatic rings. The summed E-state index contributed by atoms with van der Waals surface area (Å²) in [5.41, 5.74) is 5.76. The van der Waals surface area contributed by atoms with Crippen LogP contribution in [0.15, 0.2) is 77.9 Å². The van der Waals surface area contributed by atoms with Gasteiger partial charge in [-0.3, -0.25) is 0 Å². The van der Waals surface area contributed by atoms with Gasteiger partial charge in [-0.15, -0.1) is 0 Å². The number of hydrogen-bond donors (Lipinski definition) is 1. The van der Waals surface area contributed by atoms with E-state index >= 15 is 0 Å². The maximum absolute atomic E-state index is 12.9. The molecule has 0 amide bonds. The summed E-state index contributed by atoms with van der Waals surface area (Å²) in [6.45, 7) is 39.2. The van der Waals surface area contributed by atoms with E-state index in [1.54, 1.807) is 5.57 Å². The number of aliphatic hydroxyl groups is 1. The van der Waals surface area contributed by atoms with E-state index in [0.29, 0.717) is 42.8 Å². The molecule has 0 aliphatic heterocycles. The van der Waals surface area contributed by atoms with Crippen LogP contribution >= 0.6 is 0 Å². The van der Waals surface area contributed by atoms with Gasteiger partial charge in [0.2, 0.25) is 0 Å². The summed E-state index contributed by atoms with van der Waals surface area (Å²) < 4.78 is 19.6. The molecule has 8 atom stereocenters. The Morgan fingerprint density at radius 1 is 1.00 bits per heavy atom. The Balaban J connectivity index is 1.55. The Labute approximate surface area is 345 Å². The molecule has 7 heteroatoms. The number of allylic oxidation sites excluding steroid dienone is 3. The molecule has 56 heavy (non-hydrogen) atoms. The third-order valence-corrected chi connectivity index (χ3v) is 24.1. The highest BCUT2D eigenvalue weighted by Gasteiger charge is 2.51. The molecular formula is C49H80O5Si2. The Morgan fingerprint density at radius 2 is 1.62 bits per heavy atom. The van der Waals surface area contributed by atoms with E-state index in [1.165, 1.54) is 30.4 Å². The highest BCUT2D eigenvalue weighted by Crippen LogP contribution is 2.60. The number of rotatable bonds is 15. The molecule has 1 aromatic carbocycles.